The second-order valence-corrected chi connectivity index (χ2v) is 8.26. The SMILES string of the molecule is O=C(Cc1csc(COc2ccc(Cl)cc2)n1)NCCc1cnn(-c2ccccc2)c1. The fourth-order valence-electron chi connectivity index (χ4n) is 2.96. The summed E-state index contributed by atoms with van der Waals surface area (Å²) in [6.45, 7) is 0.912. The van der Waals surface area contributed by atoms with E-state index in [1.807, 2.05) is 64.9 Å². The Balaban J connectivity index is 1.20. The van der Waals surface area contributed by atoms with Crippen molar-refractivity contribution in [2.24, 2.45) is 0 Å². The van der Waals surface area contributed by atoms with Crippen molar-refractivity contribution >= 4 is 28.8 Å². The first-order valence-corrected chi connectivity index (χ1v) is 11.1. The molecule has 0 saturated heterocycles. The van der Waals surface area contributed by atoms with Crippen LogP contribution in [-0.4, -0.2) is 27.2 Å². The van der Waals surface area contributed by atoms with E-state index in [0.717, 1.165) is 34.1 Å². The molecule has 4 rings (SSSR count). The predicted octanol–water partition coefficient (Wildman–Crippen LogP) is 4.46. The monoisotopic (exact) mass is 452 g/mol. The molecule has 0 saturated carbocycles. The number of hydrogen-bond acceptors (Lipinski definition) is 5. The standard InChI is InChI=1S/C23H21ClN4O2S/c24-18-6-8-21(9-7-18)30-15-23-27-19(16-31-23)12-22(29)25-11-10-17-13-26-28(14-17)20-4-2-1-3-5-20/h1-9,13-14,16H,10-12,15H2,(H,25,29). The first kappa shape index (κ1) is 21.1. The predicted molar refractivity (Wildman–Crippen MR) is 122 cm³/mol. The maximum Gasteiger partial charge on any atom is 0.226 e. The minimum atomic E-state index is -0.0501. The van der Waals surface area contributed by atoms with E-state index in [2.05, 4.69) is 15.4 Å². The van der Waals surface area contributed by atoms with E-state index in [1.165, 1.54) is 11.3 Å². The third kappa shape index (κ3) is 6.16. The molecular formula is C23H21ClN4O2S. The number of rotatable bonds is 9. The molecule has 158 valence electrons. The summed E-state index contributed by atoms with van der Waals surface area (Å²) in [6, 6.07) is 17.1. The minimum Gasteiger partial charge on any atom is -0.486 e. The van der Waals surface area contributed by atoms with Crippen LogP contribution in [0.3, 0.4) is 0 Å². The molecular weight excluding hydrogens is 432 g/mol. The summed E-state index contributed by atoms with van der Waals surface area (Å²) in [4.78, 5) is 16.7. The van der Waals surface area contributed by atoms with Gasteiger partial charge in [0.2, 0.25) is 5.91 Å². The van der Waals surface area contributed by atoms with Crippen LogP contribution in [0.1, 0.15) is 16.3 Å². The second-order valence-electron chi connectivity index (χ2n) is 6.88. The molecule has 0 spiro atoms. The van der Waals surface area contributed by atoms with Crippen LogP contribution in [0, 0.1) is 0 Å². The number of carbonyl (C=O) groups excluding carboxylic acids is 1. The van der Waals surface area contributed by atoms with Gasteiger partial charge in [-0.05, 0) is 48.4 Å². The van der Waals surface area contributed by atoms with E-state index in [4.69, 9.17) is 16.3 Å². The van der Waals surface area contributed by atoms with Crippen molar-refractivity contribution in [3.05, 3.63) is 93.7 Å². The van der Waals surface area contributed by atoms with Gasteiger partial charge in [-0.3, -0.25) is 4.79 Å². The normalized spacial score (nSPS) is 10.7. The van der Waals surface area contributed by atoms with Gasteiger partial charge in [0.25, 0.3) is 0 Å². The van der Waals surface area contributed by atoms with Crippen molar-refractivity contribution in [2.75, 3.05) is 6.54 Å². The summed E-state index contributed by atoms with van der Waals surface area (Å²) in [7, 11) is 0. The van der Waals surface area contributed by atoms with Crippen LogP contribution in [-0.2, 0) is 24.2 Å². The molecule has 8 heteroatoms. The van der Waals surface area contributed by atoms with E-state index in [-0.39, 0.29) is 12.3 Å². The van der Waals surface area contributed by atoms with Gasteiger partial charge in [0.1, 0.15) is 17.4 Å². The van der Waals surface area contributed by atoms with Crippen molar-refractivity contribution in [3.63, 3.8) is 0 Å². The molecule has 31 heavy (non-hydrogen) atoms. The zero-order chi connectivity index (χ0) is 21.5. The summed E-state index contributed by atoms with van der Waals surface area (Å²) in [6.07, 6.45) is 4.78. The van der Waals surface area contributed by atoms with Crippen LogP contribution >= 0.6 is 22.9 Å². The van der Waals surface area contributed by atoms with Gasteiger partial charge < -0.3 is 10.1 Å². The fourth-order valence-corrected chi connectivity index (χ4v) is 3.79. The number of carbonyl (C=O) groups is 1. The molecule has 2 aromatic heterocycles. The number of nitrogens with one attached hydrogen (secondary N) is 1. The molecule has 0 radical (unpaired) electrons. The first-order chi connectivity index (χ1) is 15.2. The zero-order valence-electron chi connectivity index (χ0n) is 16.7. The van der Waals surface area contributed by atoms with E-state index in [9.17, 15) is 4.79 Å². The number of halogens is 1. The Morgan fingerprint density at radius 3 is 2.74 bits per heavy atom. The summed E-state index contributed by atoms with van der Waals surface area (Å²) < 4.78 is 7.53. The molecule has 1 N–H and O–H groups in total. The molecule has 0 unspecified atom stereocenters. The van der Waals surface area contributed by atoms with Crippen LogP contribution in [0.15, 0.2) is 72.4 Å². The van der Waals surface area contributed by atoms with Gasteiger partial charge in [0.15, 0.2) is 0 Å². The maximum absolute atomic E-state index is 12.2. The zero-order valence-corrected chi connectivity index (χ0v) is 18.3. The highest BCUT2D eigenvalue weighted by molar-refractivity contribution is 7.09. The Kier molecular flexibility index (Phi) is 6.96. The van der Waals surface area contributed by atoms with Crippen molar-refractivity contribution in [2.45, 2.75) is 19.4 Å². The summed E-state index contributed by atoms with van der Waals surface area (Å²) >= 11 is 7.35. The molecule has 0 atom stereocenters. The number of para-hydroxylation sites is 1. The van der Waals surface area contributed by atoms with Crippen LogP contribution in [0.2, 0.25) is 5.02 Å². The molecule has 1 amide bonds. The number of aromatic nitrogens is 3. The van der Waals surface area contributed by atoms with E-state index in [1.54, 1.807) is 12.1 Å². The van der Waals surface area contributed by atoms with Crippen molar-refractivity contribution < 1.29 is 9.53 Å². The van der Waals surface area contributed by atoms with Crippen LogP contribution in [0.25, 0.3) is 5.69 Å². The quantitative estimate of drug-likeness (QED) is 0.407. The lowest BCUT2D eigenvalue weighted by atomic mass is 10.2. The third-order valence-electron chi connectivity index (χ3n) is 4.51. The first-order valence-electron chi connectivity index (χ1n) is 9.83. The number of thiazole rings is 1. The molecule has 4 aromatic rings. The highest BCUT2D eigenvalue weighted by atomic mass is 35.5. The lowest BCUT2D eigenvalue weighted by Gasteiger charge is -2.04. The van der Waals surface area contributed by atoms with Gasteiger partial charge in [0.05, 0.1) is 24.0 Å². The molecule has 0 aliphatic rings. The molecule has 0 bridgehead atoms. The highest BCUT2D eigenvalue weighted by Crippen LogP contribution is 2.18. The van der Waals surface area contributed by atoms with E-state index in [0.29, 0.717) is 18.2 Å². The van der Waals surface area contributed by atoms with Gasteiger partial charge in [-0.2, -0.15) is 5.10 Å². The summed E-state index contributed by atoms with van der Waals surface area (Å²) in [5, 5.41) is 10.7. The largest absolute Gasteiger partial charge is 0.486 e. The van der Waals surface area contributed by atoms with Gasteiger partial charge in [0, 0.05) is 23.1 Å². The van der Waals surface area contributed by atoms with E-state index >= 15 is 0 Å². The Hall–Kier alpha value is -3.16. The molecule has 6 nitrogen and oxygen atoms in total. The lowest BCUT2D eigenvalue weighted by Crippen LogP contribution is -2.27. The van der Waals surface area contributed by atoms with Crippen molar-refractivity contribution in [1.29, 1.82) is 0 Å². The lowest BCUT2D eigenvalue weighted by molar-refractivity contribution is -0.120. The molecule has 0 fully saturated rings. The summed E-state index contributed by atoms with van der Waals surface area (Å²) in [5.74, 6) is 0.681. The van der Waals surface area contributed by atoms with Crippen molar-refractivity contribution in [1.82, 2.24) is 20.1 Å². The minimum absolute atomic E-state index is 0.0501. The number of amides is 1. The van der Waals surface area contributed by atoms with E-state index < -0.39 is 0 Å². The van der Waals surface area contributed by atoms with Crippen LogP contribution in [0.4, 0.5) is 0 Å². The van der Waals surface area contributed by atoms with Gasteiger partial charge in [-0.15, -0.1) is 11.3 Å². The topological polar surface area (TPSA) is 69.0 Å². The average Bonchev–Trinajstić information content (AvgIpc) is 3.44. The fraction of sp³-hybridized carbons (Fsp3) is 0.174. The average molecular weight is 453 g/mol. The number of nitrogens with zero attached hydrogens (tertiary/aromatic N) is 3. The molecule has 0 aliphatic heterocycles. The Morgan fingerprint density at radius 2 is 1.94 bits per heavy atom. The van der Waals surface area contributed by atoms with Gasteiger partial charge in [-0.25, -0.2) is 9.67 Å². The number of hydrogen-bond donors (Lipinski definition) is 1. The smallest absolute Gasteiger partial charge is 0.226 e. The number of ether oxygens (including phenoxy) is 1. The molecule has 0 aliphatic carbocycles. The van der Waals surface area contributed by atoms with Gasteiger partial charge in [-0.1, -0.05) is 29.8 Å². The molecule has 2 aromatic carbocycles. The Bertz CT molecular complexity index is 1130. The highest BCUT2D eigenvalue weighted by Gasteiger charge is 2.09. The van der Waals surface area contributed by atoms with Crippen LogP contribution in [0.5, 0.6) is 5.75 Å². The maximum atomic E-state index is 12.2. The van der Waals surface area contributed by atoms with Gasteiger partial charge >= 0.3 is 0 Å². The Labute approximate surface area is 189 Å². The third-order valence-corrected chi connectivity index (χ3v) is 5.63. The summed E-state index contributed by atoms with van der Waals surface area (Å²) in [5.41, 5.74) is 2.82. The second kappa shape index (κ2) is 10.2. The van der Waals surface area contributed by atoms with Crippen LogP contribution < -0.4 is 10.1 Å². The Morgan fingerprint density at radius 1 is 1.13 bits per heavy atom. The molecule has 2 heterocycles. The number of benzene rings is 2. The van der Waals surface area contributed by atoms with Crippen molar-refractivity contribution in [3.8, 4) is 11.4 Å².